The first kappa shape index (κ1) is 14.6. The molecule has 0 aromatic carbocycles. The van der Waals surface area contributed by atoms with Gasteiger partial charge >= 0.3 is 0 Å². The largest absolute Gasteiger partial charge is 0.381 e. The van der Waals surface area contributed by atoms with E-state index in [1.807, 2.05) is 18.0 Å². The van der Waals surface area contributed by atoms with E-state index in [1.54, 1.807) is 6.20 Å². The van der Waals surface area contributed by atoms with Crippen LogP contribution in [0.1, 0.15) is 33.0 Å². The maximum atomic E-state index is 5.62. The van der Waals surface area contributed by atoms with Crippen molar-refractivity contribution in [3.63, 3.8) is 0 Å². The van der Waals surface area contributed by atoms with Crippen LogP contribution < -0.4 is 0 Å². The lowest BCUT2D eigenvalue weighted by molar-refractivity contribution is 0.0722. The summed E-state index contributed by atoms with van der Waals surface area (Å²) in [6, 6.07) is 0. The van der Waals surface area contributed by atoms with Crippen LogP contribution in [0.5, 0.6) is 0 Å². The van der Waals surface area contributed by atoms with Crippen molar-refractivity contribution in [1.29, 1.82) is 0 Å². The molecule has 1 aromatic rings. The van der Waals surface area contributed by atoms with E-state index in [2.05, 4.69) is 30.7 Å². The van der Waals surface area contributed by atoms with Crippen LogP contribution in [-0.2, 0) is 11.2 Å². The van der Waals surface area contributed by atoms with Gasteiger partial charge in [-0.15, -0.1) is 0 Å². The molecule has 3 nitrogen and oxygen atoms in total. The van der Waals surface area contributed by atoms with Gasteiger partial charge in [0.05, 0.1) is 6.61 Å². The Morgan fingerprint density at radius 2 is 2.18 bits per heavy atom. The summed E-state index contributed by atoms with van der Waals surface area (Å²) in [5, 5.41) is 0. The summed E-state index contributed by atoms with van der Waals surface area (Å²) in [5.41, 5.74) is 0.284. The Bertz CT molecular complexity index is 280. The number of aromatic amines is 1. The Morgan fingerprint density at radius 1 is 1.35 bits per heavy atom. The van der Waals surface area contributed by atoms with Crippen LogP contribution in [0.25, 0.3) is 0 Å². The van der Waals surface area contributed by atoms with Gasteiger partial charge in [-0.3, -0.25) is 0 Å². The van der Waals surface area contributed by atoms with Crippen LogP contribution in [0.2, 0.25) is 0 Å². The normalized spacial score (nSPS) is 11.9. The molecule has 0 bridgehead atoms. The number of hydrogen-bond acceptors (Lipinski definition) is 3. The number of ether oxygens (including phenoxy) is 1. The lowest BCUT2D eigenvalue weighted by Crippen LogP contribution is -2.15. The molecule has 0 spiro atoms. The van der Waals surface area contributed by atoms with Crippen LogP contribution in [0.15, 0.2) is 12.4 Å². The summed E-state index contributed by atoms with van der Waals surface area (Å²) >= 11 is 1.97. The summed E-state index contributed by atoms with van der Waals surface area (Å²) < 4.78 is 5.62. The SMILES string of the molecule is CC(C)(C)COCCCSCCc1ncc[nH]1. The van der Waals surface area contributed by atoms with Gasteiger partial charge in [0.15, 0.2) is 0 Å². The second kappa shape index (κ2) is 7.77. The molecule has 17 heavy (non-hydrogen) atoms. The Hall–Kier alpha value is -0.480. The molecule has 0 saturated heterocycles. The zero-order chi connectivity index (χ0) is 12.6. The third kappa shape index (κ3) is 8.27. The van der Waals surface area contributed by atoms with Crippen molar-refractivity contribution in [1.82, 2.24) is 9.97 Å². The van der Waals surface area contributed by atoms with Gasteiger partial charge in [-0.1, -0.05) is 20.8 Å². The molecule has 0 fully saturated rings. The summed E-state index contributed by atoms with van der Waals surface area (Å²) in [5.74, 6) is 3.39. The van der Waals surface area contributed by atoms with E-state index in [-0.39, 0.29) is 5.41 Å². The maximum absolute atomic E-state index is 5.62. The highest BCUT2D eigenvalue weighted by atomic mass is 32.2. The minimum atomic E-state index is 0.284. The molecule has 0 atom stereocenters. The Balaban J connectivity index is 1.85. The van der Waals surface area contributed by atoms with Crippen LogP contribution in [0, 0.1) is 5.41 Å². The van der Waals surface area contributed by atoms with Crippen LogP contribution >= 0.6 is 11.8 Å². The summed E-state index contributed by atoms with van der Waals surface area (Å²) in [7, 11) is 0. The topological polar surface area (TPSA) is 37.9 Å². The van der Waals surface area contributed by atoms with Gasteiger partial charge in [0.1, 0.15) is 5.82 Å². The number of hydrogen-bond donors (Lipinski definition) is 1. The highest BCUT2D eigenvalue weighted by Gasteiger charge is 2.09. The van der Waals surface area contributed by atoms with Crippen molar-refractivity contribution in [2.75, 3.05) is 24.7 Å². The molecule has 0 aliphatic rings. The monoisotopic (exact) mass is 256 g/mol. The average molecular weight is 256 g/mol. The molecule has 0 unspecified atom stereocenters. The number of rotatable bonds is 8. The van der Waals surface area contributed by atoms with Gasteiger partial charge < -0.3 is 9.72 Å². The Kier molecular flexibility index (Phi) is 6.66. The van der Waals surface area contributed by atoms with E-state index in [9.17, 15) is 0 Å². The van der Waals surface area contributed by atoms with Crippen molar-refractivity contribution in [3.05, 3.63) is 18.2 Å². The fraction of sp³-hybridized carbons (Fsp3) is 0.769. The first-order chi connectivity index (χ1) is 8.08. The molecule has 0 amide bonds. The lowest BCUT2D eigenvalue weighted by Gasteiger charge is -2.17. The van der Waals surface area contributed by atoms with Crippen molar-refractivity contribution in [3.8, 4) is 0 Å². The lowest BCUT2D eigenvalue weighted by atomic mass is 9.99. The molecule has 4 heteroatoms. The number of nitrogens with zero attached hydrogens (tertiary/aromatic N) is 1. The third-order valence-electron chi connectivity index (χ3n) is 2.15. The second-order valence-electron chi connectivity index (χ2n) is 5.37. The number of aromatic nitrogens is 2. The highest BCUT2D eigenvalue weighted by Crippen LogP contribution is 2.13. The van der Waals surface area contributed by atoms with Gasteiger partial charge in [-0.2, -0.15) is 11.8 Å². The quantitative estimate of drug-likeness (QED) is 0.726. The van der Waals surface area contributed by atoms with Crippen molar-refractivity contribution in [2.45, 2.75) is 33.6 Å². The molecule has 1 rings (SSSR count). The van der Waals surface area contributed by atoms with E-state index in [4.69, 9.17) is 4.74 Å². The standard InChI is InChI=1S/C13H24N2OS/c1-13(2,3)11-16-8-4-9-17-10-5-12-14-6-7-15-12/h6-7H,4-5,8-11H2,1-3H3,(H,14,15). The first-order valence-corrected chi connectivity index (χ1v) is 7.37. The maximum Gasteiger partial charge on any atom is 0.106 e. The molecular weight excluding hydrogens is 232 g/mol. The van der Waals surface area contributed by atoms with Crippen molar-refractivity contribution in [2.24, 2.45) is 5.41 Å². The predicted molar refractivity (Wildman–Crippen MR) is 74.5 cm³/mol. The molecule has 1 heterocycles. The van der Waals surface area contributed by atoms with Crippen LogP contribution in [0.3, 0.4) is 0 Å². The van der Waals surface area contributed by atoms with Crippen LogP contribution in [-0.4, -0.2) is 34.7 Å². The molecule has 0 aliphatic carbocycles. The zero-order valence-electron chi connectivity index (χ0n) is 11.2. The fourth-order valence-corrected chi connectivity index (χ4v) is 2.21. The minimum Gasteiger partial charge on any atom is -0.381 e. The van der Waals surface area contributed by atoms with E-state index in [0.717, 1.165) is 37.6 Å². The summed E-state index contributed by atoms with van der Waals surface area (Å²) in [4.78, 5) is 7.31. The Morgan fingerprint density at radius 3 is 2.82 bits per heavy atom. The van der Waals surface area contributed by atoms with E-state index < -0.39 is 0 Å². The van der Waals surface area contributed by atoms with Gasteiger partial charge in [-0.05, 0) is 17.6 Å². The third-order valence-corrected chi connectivity index (χ3v) is 3.22. The van der Waals surface area contributed by atoms with Gasteiger partial charge in [0.2, 0.25) is 0 Å². The summed E-state index contributed by atoms with van der Waals surface area (Å²) in [6.45, 7) is 8.33. The van der Waals surface area contributed by atoms with Gasteiger partial charge in [0, 0.05) is 31.2 Å². The molecular formula is C13H24N2OS. The van der Waals surface area contributed by atoms with E-state index >= 15 is 0 Å². The van der Waals surface area contributed by atoms with Gasteiger partial charge in [-0.25, -0.2) is 4.98 Å². The van der Waals surface area contributed by atoms with E-state index in [0.29, 0.717) is 0 Å². The van der Waals surface area contributed by atoms with Crippen molar-refractivity contribution < 1.29 is 4.74 Å². The second-order valence-corrected chi connectivity index (χ2v) is 6.59. The molecule has 0 radical (unpaired) electrons. The van der Waals surface area contributed by atoms with Crippen molar-refractivity contribution >= 4 is 11.8 Å². The number of nitrogens with one attached hydrogen (secondary N) is 1. The molecule has 1 N–H and O–H groups in total. The van der Waals surface area contributed by atoms with E-state index in [1.165, 1.54) is 5.75 Å². The molecule has 1 aromatic heterocycles. The first-order valence-electron chi connectivity index (χ1n) is 6.22. The fourth-order valence-electron chi connectivity index (χ4n) is 1.35. The highest BCUT2D eigenvalue weighted by molar-refractivity contribution is 7.99. The predicted octanol–water partition coefficient (Wildman–Crippen LogP) is 3.14. The number of thioether (sulfide) groups is 1. The zero-order valence-corrected chi connectivity index (χ0v) is 12.0. The molecule has 98 valence electrons. The van der Waals surface area contributed by atoms with Crippen LogP contribution in [0.4, 0.5) is 0 Å². The molecule has 0 saturated carbocycles. The number of aryl methyl sites for hydroxylation is 1. The average Bonchev–Trinajstić information content (AvgIpc) is 2.73. The number of H-pyrrole nitrogens is 1. The molecule has 0 aliphatic heterocycles. The minimum absolute atomic E-state index is 0.284. The Labute approximate surface area is 109 Å². The summed E-state index contributed by atoms with van der Waals surface area (Å²) in [6.07, 6.45) is 5.85. The smallest absolute Gasteiger partial charge is 0.106 e. The number of imidazole rings is 1. The van der Waals surface area contributed by atoms with Gasteiger partial charge in [0.25, 0.3) is 0 Å².